The first kappa shape index (κ1) is 11.3. The van der Waals surface area contributed by atoms with Crippen molar-refractivity contribution >= 4 is 18.3 Å². The minimum Gasteiger partial charge on any atom is -0.370 e. The molecule has 0 heterocycles. The summed E-state index contributed by atoms with van der Waals surface area (Å²) < 4.78 is 0. The molecule has 1 rings (SSSR count). The van der Waals surface area contributed by atoms with Crippen molar-refractivity contribution in [3.63, 3.8) is 0 Å². The maximum atomic E-state index is 5.31. The predicted octanol–water partition coefficient (Wildman–Crippen LogP) is 3.87. The van der Waals surface area contributed by atoms with Gasteiger partial charge in [-0.2, -0.15) is 0 Å². The van der Waals surface area contributed by atoms with E-state index < -0.39 is 0 Å². The maximum Gasteiger partial charge on any atom is 0.0610 e. The average molecular weight is 208 g/mol. The summed E-state index contributed by atoms with van der Waals surface area (Å²) in [5, 5.41) is 0. The van der Waals surface area contributed by atoms with E-state index in [1.54, 1.807) is 0 Å². The average Bonchev–Trinajstić information content (AvgIpc) is 2.18. The highest BCUT2D eigenvalue weighted by molar-refractivity contribution is 7.80. The van der Waals surface area contributed by atoms with E-state index in [2.05, 4.69) is 30.9 Å². The number of hydrogen-bond donors (Lipinski definition) is 0. The lowest BCUT2D eigenvalue weighted by Gasteiger charge is -2.24. The number of nitrogens with zero attached hydrogens (tertiary/aromatic N) is 1. The van der Waals surface area contributed by atoms with Crippen LogP contribution in [0.4, 0.5) is 5.69 Å². The highest BCUT2D eigenvalue weighted by Gasteiger charge is 2.06. The van der Waals surface area contributed by atoms with Crippen LogP contribution in [0.25, 0.3) is 0 Å². The molecule has 1 nitrogen and oxygen atoms in total. The first-order valence-electron chi connectivity index (χ1n) is 5.30. The lowest BCUT2D eigenvalue weighted by Crippen LogP contribution is -2.25. The van der Waals surface area contributed by atoms with E-state index in [1.165, 1.54) is 18.5 Å². The predicted molar refractivity (Wildman–Crippen MR) is 65.1 cm³/mol. The third kappa shape index (κ3) is 2.88. The molecule has 0 saturated heterocycles. The molecule has 0 N–H and O–H groups in total. The first-order valence-corrected chi connectivity index (χ1v) is 5.71. The summed E-state index contributed by atoms with van der Waals surface area (Å²) in [7, 11) is 0. The van der Waals surface area contributed by atoms with E-state index in [4.69, 9.17) is 12.6 Å². The molecule has 1 aromatic carbocycles. The van der Waals surface area contributed by atoms with E-state index in [9.17, 15) is 0 Å². The molecule has 0 fully saturated rings. The second kappa shape index (κ2) is 5.86. The van der Waals surface area contributed by atoms with Gasteiger partial charge in [0.25, 0.3) is 0 Å². The highest BCUT2D eigenvalue weighted by atomic mass is 32.1. The zero-order chi connectivity index (χ0) is 10.4. The van der Waals surface area contributed by atoms with Gasteiger partial charge in [-0.15, -0.1) is 0 Å². The quantitative estimate of drug-likeness (QED) is 0.710. The molecule has 2 heteroatoms. The number of hydrogen-bond acceptors (Lipinski definition) is 1. The van der Waals surface area contributed by atoms with Gasteiger partial charge in [-0.1, -0.05) is 38.6 Å². The number of rotatable bonds is 5. The molecular weight excluding hydrogens is 190 g/mol. The standard InChI is InChI=1S/C12H18NS/c1-3-9-13(10-4-2)11-7-5-6-8-12(11)14/h5-8H,3-4,9-10H2,1-2H3. The second-order valence-electron chi connectivity index (χ2n) is 3.45. The Kier molecular flexibility index (Phi) is 4.74. The molecule has 0 amide bonds. The second-order valence-corrected chi connectivity index (χ2v) is 3.89. The Morgan fingerprint density at radius 2 is 1.64 bits per heavy atom. The van der Waals surface area contributed by atoms with Gasteiger partial charge in [0, 0.05) is 13.1 Å². The van der Waals surface area contributed by atoms with Crippen LogP contribution in [0.2, 0.25) is 0 Å². The van der Waals surface area contributed by atoms with Gasteiger partial charge in [0.15, 0.2) is 0 Å². The molecule has 0 unspecified atom stereocenters. The van der Waals surface area contributed by atoms with Crippen molar-refractivity contribution in [2.45, 2.75) is 31.6 Å². The van der Waals surface area contributed by atoms with E-state index in [-0.39, 0.29) is 0 Å². The van der Waals surface area contributed by atoms with Gasteiger partial charge in [0.2, 0.25) is 0 Å². The summed E-state index contributed by atoms with van der Waals surface area (Å²) >= 11 is 5.31. The van der Waals surface area contributed by atoms with Crippen LogP contribution in [-0.4, -0.2) is 13.1 Å². The minimum absolute atomic E-state index is 0.967. The fourth-order valence-corrected chi connectivity index (χ4v) is 1.89. The van der Waals surface area contributed by atoms with Gasteiger partial charge >= 0.3 is 0 Å². The van der Waals surface area contributed by atoms with E-state index in [0.717, 1.165) is 18.0 Å². The normalized spacial score (nSPS) is 10.1. The Bertz CT molecular complexity index is 267. The number of para-hydroxylation sites is 1. The molecule has 0 saturated carbocycles. The molecule has 0 aliphatic carbocycles. The van der Waals surface area contributed by atoms with Crippen LogP contribution in [0.1, 0.15) is 26.7 Å². The number of benzene rings is 1. The van der Waals surface area contributed by atoms with E-state index in [1.807, 2.05) is 12.1 Å². The Labute approximate surface area is 92.5 Å². The Balaban J connectivity index is 2.81. The van der Waals surface area contributed by atoms with Gasteiger partial charge in [0.05, 0.1) is 10.6 Å². The van der Waals surface area contributed by atoms with Gasteiger partial charge in [0.1, 0.15) is 0 Å². The van der Waals surface area contributed by atoms with Crippen molar-refractivity contribution in [3.05, 3.63) is 24.3 Å². The molecular formula is C12H18NS. The lowest BCUT2D eigenvalue weighted by atomic mass is 10.2. The van der Waals surface area contributed by atoms with Crippen molar-refractivity contribution < 1.29 is 0 Å². The SMILES string of the molecule is CCCN(CCC)c1ccccc1[S]. The van der Waals surface area contributed by atoms with Crippen molar-refractivity contribution in [1.82, 2.24) is 0 Å². The summed E-state index contributed by atoms with van der Waals surface area (Å²) in [4.78, 5) is 3.34. The van der Waals surface area contributed by atoms with Crippen LogP contribution >= 0.6 is 12.6 Å². The van der Waals surface area contributed by atoms with Crippen molar-refractivity contribution in [1.29, 1.82) is 0 Å². The van der Waals surface area contributed by atoms with Crippen molar-refractivity contribution in [3.8, 4) is 0 Å². The largest absolute Gasteiger partial charge is 0.370 e. The van der Waals surface area contributed by atoms with Crippen LogP contribution in [0.3, 0.4) is 0 Å². The van der Waals surface area contributed by atoms with Crippen LogP contribution in [-0.2, 0) is 0 Å². The van der Waals surface area contributed by atoms with Crippen LogP contribution in [0.5, 0.6) is 0 Å². The molecule has 0 bridgehead atoms. The smallest absolute Gasteiger partial charge is 0.0610 e. The third-order valence-electron chi connectivity index (χ3n) is 2.19. The van der Waals surface area contributed by atoms with E-state index >= 15 is 0 Å². The Morgan fingerprint density at radius 3 is 2.14 bits per heavy atom. The molecule has 0 atom stereocenters. The van der Waals surface area contributed by atoms with Gasteiger partial charge in [-0.05, 0) is 25.0 Å². The van der Waals surface area contributed by atoms with Crippen LogP contribution in [0, 0.1) is 0 Å². The van der Waals surface area contributed by atoms with Gasteiger partial charge < -0.3 is 4.90 Å². The maximum absolute atomic E-state index is 5.31. The molecule has 1 radical (unpaired) electrons. The summed E-state index contributed by atoms with van der Waals surface area (Å²) in [5.41, 5.74) is 1.21. The monoisotopic (exact) mass is 208 g/mol. The molecule has 14 heavy (non-hydrogen) atoms. The number of anilines is 1. The Morgan fingerprint density at radius 1 is 1.07 bits per heavy atom. The summed E-state index contributed by atoms with van der Waals surface area (Å²) in [6.45, 7) is 6.60. The highest BCUT2D eigenvalue weighted by Crippen LogP contribution is 2.23. The molecule has 0 aliphatic heterocycles. The molecule has 0 aromatic heterocycles. The zero-order valence-corrected chi connectivity index (χ0v) is 9.81. The first-order chi connectivity index (χ1) is 6.79. The molecule has 1 aromatic rings. The molecule has 0 aliphatic rings. The topological polar surface area (TPSA) is 3.24 Å². The van der Waals surface area contributed by atoms with Crippen LogP contribution in [0.15, 0.2) is 29.2 Å². The molecule has 77 valence electrons. The third-order valence-corrected chi connectivity index (χ3v) is 2.54. The fourth-order valence-electron chi connectivity index (χ4n) is 1.61. The zero-order valence-electron chi connectivity index (χ0n) is 8.99. The van der Waals surface area contributed by atoms with Crippen molar-refractivity contribution in [2.75, 3.05) is 18.0 Å². The molecule has 0 spiro atoms. The Hall–Kier alpha value is -0.760. The summed E-state index contributed by atoms with van der Waals surface area (Å²) in [6.07, 6.45) is 2.34. The summed E-state index contributed by atoms with van der Waals surface area (Å²) in [6, 6.07) is 8.18. The minimum atomic E-state index is 0.967. The summed E-state index contributed by atoms with van der Waals surface area (Å²) in [5.74, 6) is 0. The van der Waals surface area contributed by atoms with E-state index in [0.29, 0.717) is 0 Å². The van der Waals surface area contributed by atoms with Crippen LogP contribution < -0.4 is 4.90 Å². The van der Waals surface area contributed by atoms with Crippen molar-refractivity contribution in [2.24, 2.45) is 0 Å². The fraction of sp³-hybridized carbons (Fsp3) is 0.500. The van der Waals surface area contributed by atoms with Gasteiger partial charge in [-0.3, -0.25) is 0 Å². The lowest BCUT2D eigenvalue weighted by molar-refractivity contribution is 0.739. The van der Waals surface area contributed by atoms with Gasteiger partial charge in [-0.25, -0.2) is 0 Å².